The highest BCUT2D eigenvalue weighted by atomic mass is 19.4. The van der Waals surface area contributed by atoms with Crippen molar-refractivity contribution in [1.82, 2.24) is 10.2 Å². The van der Waals surface area contributed by atoms with Crippen LogP contribution >= 0.6 is 0 Å². The number of piperidine rings is 1. The number of ether oxygens (including phenoxy) is 1. The van der Waals surface area contributed by atoms with E-state index in [0.29, 0.717) is 34.6 Å². The maximum Gasteiger partial charge on any atom is 0.419 e. The third kappa shape index (κ3) is 5.97. The normalized spacial score (nSPS) is 17.7. The summed E-state index contributed by atoms with van der Waals surface area (Å²) in [6, 6.07) is 12.7. The SMILES string of the molecule is CC1(C)C(=O)N(c2ccc(F)c(C(F)(F)F)c2)C(=O)N1Cc1ccc(F)cc1Cc1ccc(OC2CCNCC2)cc1. The number of rotatable bonds is 7. The van der Waals surface area contributed by atoms with E-state index < -0.39 is 40.9 Å². The first-order valence-electron chi connectivity index (χ1n) is 13.6. The monoisotopic (exact) mass is 587 g/mol. The predicted molar refractivity (Wildman–Crippen MR) is 146 cm³/mol. The van der Waals surface area contributed by atoms with E-state index in [-0.39, 0.29) is 18.3 Å². The summed E-state index contributed by atoms with van der Waals surface area (Å²) in [5.41, 5.74) is -1.39. The zero-order valence-electron chi connectivity index (χ0n) is 23.1. The van der Waals surface area contributed by atoms with Crippen LogP contribution < -0.4 is 15.0 Å². The van der Waals surface area contributed by atoms with Gasteiger partial charge in [-0.2, -0.15) is 13.2 Å². The molecule has 2 saturated heterocycles. The number of alkyl halides is 3. The molecular formula is C31H30F5N3O3. The van der Waals surface area contributed by atoms with Gasteiger partial charge in [0, 0.05) is 6.54 Å². The van der Waals surface area contributed by atoms with Crippen LogP contribution in [0.1, 0.15) is 48.9 Å². The van der Waals surface area contributed by atoms with Crippen LogP contribution in [0, 0.1) is 11.6 Å². The molecule has 3 aromatic rings. The van der Waals surface area contributed by atoms with Gasteiger partial charge in [0.1, 0.15) is 29.0 Å². The summed E-state index contributed by atoms with van der Waals surface area (Å²) < 4.78 is 74.3. The summed E-state index contributed by atoms with van der Waals surface area (Å²) in [5.74, 6) is -2.01. The Balaban J connectivity index is 1.37. The molecule has 2 heterocycles. The van der Waals surface area contributed by atoms with E-state index in [1.165, 1.54) is 36.9 Å². The average molecular weight is 588 g/mol. The number of carbonyl (C=O) groups excluding carboxylic acids is 2. The lowest BCUT2D eigenvalue weighted by atomic mass is 9.97. The molecule has 1 N–H and O–H groups in total. The van der Waals surface area contributed by atoms with Crippen LogP contribution in [0.25, 0.3) is 0 Å². The van der Waals surface area contributed by atoms with Gasteiger partial charge in [-0.3, -0.25) is 4.79 Å². The van der Waals surface area contributed by atoms with Crippen molar-refractivity contribution in [3.8, 4) is 5.75 Å². The van der Waals surface area contributed by atoms with Crippen molar-refractivity contribution in [2.45, 2.75) is 57.5 Å². The topological polar surface area (TPSA) is 61.9 Å². The number of carbonyl (C=O) groups is 2. The van der Waals surface area contributed by atoms with E-state index in [1.807, 2.05) is 24.3 Å². The summed E-state index contributed by atoms with van der Waals surface area (Å²) in [7, 11) is 0. The molecule has 0 bridgehead atoms. The molecule has 6 nitrogen and oxygen atoms in total. The molecule has 0 aliphatic carbocycles. The van der Waals surface area contributed by atoms with E-state index in [2.05, 4.69) is 5.32 Å². The molecule has 42 heavy (non-hydrogen) atoms. The molecule has 2 aliphatic heterocycles. The van der Waals surface area contributed by atoms with Gasteiger partial charge < -0.3 is 15.0 Å². The summed E-state index contributed by atoms with van der Waals surface area (Å²) in [6.07, 6.45) is -2.70. The smallest absolute Gasteiger partial charge is 0.419 e. The fraction of sp³-hybridized carbons (Fsp3) is 0.355. The Bertz CT molecular complexity index is 1480. The Kier molecular flexibility index (Phi) is 7.98. The molecule has 3 amide bonds. The molecule has 0 unspecified atom stereocenters. The van der Waals surface area contributed by atoms with Gasteiger partial charge in [0.15, 0.2) is 0 Å². The maximum absolute atomic E-state index is 14.3. The van der Waals surface area contributed by atoms with Crippen LogP contribution in [0.15, 0.2) is 60.7 Å². The molecule has 0 saturated carbocycles. The van der Waals surface area contributed by atoms with Crippen molar-refractivity contribution in [2.75, 3.05) is 18.0 Å². The third-order valence-corrected chi connectivity index (χ3v) is 7.74. The minimum atomic E-state index is -5.01. The predicted octanol–water partition coefficient (Wildman–Crippen LogP) is 6.45. The minimum Gasteiger partial charge on any atom is -0.490 e. The van der Waals surface area contributed by atoms with Gasteiger partial charge >= 0.3 is 12.2 Å². The molecule has 2 aliphatic rings. The van der Waals surface area contributed by atoms with Crippen LogP contribution in [0.4, 0.5) is 32.4 Å². The number of nitrogens with one attached hydrogen (secondary N) is 1. The largest absolute Gasteiger partial charge is 0.490 e. The Morgan fingerprint density at radius 1 is 0.929 bits per heavy atom. The maximum atomic E-state index is 14.3. The van der Waals surface area contributed by atoms with E-state index in [1.54, 1.807) is 0 Å². The lowest BCUT2D eigenvalue weighted by Gasteiger charge is -2.28. The second-order valence-corrected chi connectivity index (χ2v) is 11.0. The first-order chi connectivity index (χ1) is 19.8. The van der Waals surface area contributed by atoms with E-state index in [9.17, 15) is 31.5 Å². The highest BCUT2D eigenvalue weighted by Crippen LogP contribution is 2.38. The summed E-state index contributed by atoms with van der Waals surface area (Å²) >= 11 is 0. The van der Waals surface area contributed by atoms with Gasteiger partial charge in [-0.05, 0) is 105 Å². The number of amides is 3. The number of hydrogen-bond donors (Lipinski definition) is 1. The molecule has 3 aromatic carbocycles. The number of urea groups is 1. The molecule has 5 rings (SSSR count). The number of hydrogen-bond acceptors (Lipinski definition) is 4. The minimum absolute atomic E-state index is 0.103. The first kappa shape index (κ1) is 29.5. The Morgan fingerprint density at radius 2 is 1.62 bits per heavy atom. The number of halogens is 5. The fourth-order valence-electron chi connectivity index (χ4n) is 5.29. The standard InChI is InChI=1S/C31H30F5N3O3/c1-30(2)28(40)39(23-7-10-27(33)26(17-23)31(34,35)36)29(41)38(30)18-20-5-6-22(32)16-21(20)15-19-3-8-24(9-4-19)42-25-11-13-37-14-12-25/h3-10,16-17,25,37H,11-15,18H2,1-2H3. The second-order valence-electron chi connectivity index (χ2n) is 11.0. The van der Waals surface area contributed by atoms with Crippen LogP contribution in [0.5, 0.6) is 5.75 Å². The molecular weight excluding hydrogens is 557 g/mol. The Hall–Kier alpha value is -3.99. The van der Waals surface area contributed by atoms with Crippen molar-refractivity contribution < 1.29 is 36.3 Å². The quantitative estimate of drug-likeness (QED) is 0.255. The van der Waals surface area contributed by atoms with Crippen molar-refractivity contribution in [3.63, 3.8) is 0 Å². The van der Waals surface area contributed by atoms with E-state index >= 15 is 0 Å². The molecule has 0 radical (unpaired) electrons. The van der Waals surface area contributed by atoms with Gasteiger partial charge in [0.2, 0.25) is 0 Å². The zero-order valence-corrected chi connectivity index (χ0v) is 23.1. The average Bonchev–Trinajstić information content (AvgIpc) is 3.10. The van der Waals surface area contributed by atoms with Gasteiger partial charge in [0.25, 0.3) is 5.91 Å². The van der Waals surface area contributed by atoms with Gasteiger partial charge in [-0.25, -0.2) is 18.5 Å². The summed E-state index contributed by atoms with van der Waals surface area (Å²) in [5, 5.41) is 3.29. The van der Waals surface area contributed by atoms with Crippen LogP contribution in [-0.4, -0.2) is 41.6 Å². The Labute approximate surface area is 240 Å². The number of anilines is 1. The molecule has 222 valence electrons. The highest BCUT2D eigenvalue weighted by Gasteiger charge is 2.52. The molecule has 0 atom stereocenters. The fourth-order valence-corrected chi connectivity index (χ4v) is 5.29. The van der Waals surface area contributed by atoms with Crippen molar-refractivity contribution in [2.24, 2.45) is 0 Å². The van der Waals surface area contributed by atoms with Crippen LogP contribution in [0.3, 0.4) is 0 Å². The van der Waals surface area contributed by atoms with Crippen molar-refractivity contribution in [1.29, 1.82) is 0 Å². The number of imide groups is 1. The number of benzene rings is 3. The van der Waals surface area contributed by atoms with Crippen molar-refractivity contribution >= 4 is 17.6 Å². The molecule has 0 aromatic heterocycles. The van der Waals surface area contributed by atoms with Gasteiger partial charge in [-0.15, -0.1) is 0 Å². The Morgan fingerprint density at radius 3 is 2.29 bits per heavy atom. The van der Waals surface area contributed by atoms with E-state index in [4.69, 9.17) is 4.74 Å². The van der Waals surface area contributed by atoms with Gasteiger partial charge in [-0.1, -0.05) is 18.2 Å². The highest BCUT2D eigenvalue weighted by molar-refractivity contribution is 6.23. The molecule has 0 spiro atoms. The summed E-state index contributed by atoms with van der Waals surface area (Å²) in [4.78, 5) is 28.6. The second kappa shape index (κ2) is 11.4. The first-order valence-corrected chi connectivity index (χ1v) is 13.6. The summed E-state index contributed by atoms with van der Waals surface area (Å²) in [6.45, 7) is 4.66. The zero-order chi connectivity index (χ0) is 30.2. The van der Waals surface area contributed by atoms with Crippen LogP contribution in [0.2, 0.25) is 0 Å². The third-order valence-electron chi connectivity index (χ3n) is 7.74. The van der Waals surface area contributed by atoms with E-state index in [0.717, 1.165) is 43.3 Å². The molecule has 11 heteroatoms. The van der Waals surface area contributed by atoms with Crippen LogP contribution in [-0.2, 0) is 23.9 Å². The lowest BCUT2D eigenvalue weighted by Crippen LogP contribution is -2.43. The van der Waals surface area contributed by atoms with Crippen molar-refractivity contribution in [3.05, 3.63) is 94.6 Å². The van der Waals surface area contributed by atoms with Gasteiger partial charge in [0.05, 0.1) is 11.3 Å². The molecule has 2 fully saturated rings. The lowest BCUT2D eigenvalue weighted by molar-refractivity contribution is -0.140. The number of nitrogens with zero attached hydrogens (tertiary/aromatic N) is 2.